The zero-order valence-electron chi connectivity index (χ0n) is 17.4. The van der Waals surface area contributed by atoms with Crippen molar-refractivity contribution >= 4 is 16.8 Å². The lowest BCUT2D eigenvalue weighted by Gasteiger charge is -2.33. The topological polar surface area (TPSA) is 51.2 Å². The lowest BCUT2D eigenvalue weighted by atomic mass is 9.75. The average molecular weight is 407 g/mol. The van der Waals surface area contributed by atoms with Crippen LogP contribution in [0.4, 0.5) is 4.39 Å². The summed E-state index contributed by atoms with van der Waals surface area (Å²) in [7, 11) is 1.57. The second-order valence-corrected chi connectivity index (χ2v) is 8.14. The van der Waals surface area contributed by atoms with Crippen LogP contribution in [0.25, 0.3) is 10.9 Å². The first kappa shape index (κ1) is 20.3. The summed E-state index contributed by atoms with van der Waals surface area (Å²) in [5.41, 5.74) is 2.59. The van der Waals surface area contributed by atoms with E-state index >= 15 is 0 Å². The molecule has 3 aromatic rings. The van der Waals surface area contributed by atoms with Gasteiger partial charge in [-0.1, -0.05) is 12.1 Å². The highest BCUT2D eigenvalue weighted by Gasteiger charge is 2.28. The van der Waals surface area contributed by atoms with E-state index in [1.165, 1.54) is 11.6 Å². The molecule has 1 N–H and O–H groups in total. The van der Waals surface area contributed by atoms with Crippen LogP contribution in [0, 0.1) is 11.7 Å². The highest BCUT2D eigenvalue weighted by atomic mass is 19.1. The van der Waals surface area contributed by atoms with Gasteiger partial charge in [0.2, 0.25) is 0 Å². The van der Waals surface area contributed by atoms with Crippen molar-refractivity contribution < 1.29 is 13.9 Å². The van der Waals surface area contributed by atoms with Crippen LogP contribution >= 0.6 is 0 Å². The van der Waals surface area contributed by atoms with Crippen molar-refractivity contribution in [1.82, 2.24) is 10.3 Å². The zero-order chi connectivity index (χ0) is 21.1. The van der Waals surface area contributed by atoms with Crippen molar-refractivity contribution in [3.8, 4) is 5.75 Å². The predicted octanol–water partition coefficient (Wildman–Crippen LogP) is 5.47. The Bertz CT molecular complexity index is 1040. The summed E-state index contributed by atoms with van der Waals surface area (Å²) in [6.45, 7) is 2.08. The van der Waals surface area contributed by atoms with E-state index in [2.05, 4.69) is 17.2 Å². The number of nitrogens with zero attached hydrogens (tertiary/aromatic N) is 1. The molecule has 1 amide bonds. The summed E-state index contributed by atoms with van der Waals surface area (Å²) in [6.07, 6.45) is 5.91. The van der Waals surface area contributed by atoms with Crippen molar-refractivity contribution in [1.29, 1.82) is 0 Å². The fraction of sp³-hybridized carbons (Fsp3) is 0.360. The quantitative estimate of drug-likeness (QED) is 0.611. The second kappa shape index (κ2) is 8.82. The Morgan fingerprint density at radius 3 is 2.67 bits per heavy atom. The number of carbonyl (C=O) groups is 1. The molecule has 2 aromatic carbocycles. The van der Waals surface area contributed by atoms with Gasteiger partial charge in [-0.2, -0.15) is 0 Å². The Hall–Kier alpha value is -2.95. The van der Waals surface area contributed by atoms with Gasteiger partial charge in [0.25, 0.3) is 5.91 Å². The minimum Gasteiger partial charge on any atom is -0.496 e. The standard InChI is InChI=1S/C25H27FN2O2/c1-16(28-25(29)21-5-3-4-6-24(21)30-2)17-7-9-18(10-8-17)20-13-14-27-23-12-11-19(26)15-22(20)23/h3-6,11-18H,7-10H2,1-2H3,(H,28,29)/t16-,17?,18?/m1/s1. The van der Waals surface area contributed by atoms with Crippen LogP contribution in [0.15, 0.2) is 54.7 Å². The number of ether oxygens (including phenoxy) is 1. The number of amides is 1. The van der Waals surface area contributed by atoms with Crippen LogP contribution in [-0.4, -0.2) is 24.0 Å². The molecule has 1 aromatic heterocycles. The van der Waals surface area contributed by atoms with E-state index in [-0.39, 0.29) is 17.8 Å². The molecule has 0 unspecified atom stereocenters. The third-order valence-electron chi connectivity index (χ3n) is 6.37. The summed E-state index contributed by atoms with van der Waals surface area (Å²) in [5, 5.41) is 4.07. The fourth-order valence-corrected chi connectivity index (χ4v) is 4.66. The highest BCUT2D eigenvalue weighted by molar-refractivity contribution is 5.97. The van der Waals surface area contributed by atoms with E-state index in [0.29, 0.717) is 23.1 Å². The number of pyridine rings is 1. The van der Waals surface area contributed by atoms with E-state index in [0.717, 1.165) is 36.6 Å². The van der Waals surface area contributed by atoms with Gasteiger partial charge in [0.05, 0.1) is 18.2 Å². The number of carbonyl (C=O) groups excluding carboxylic acids is 1. The molecule has 30 heavy (non-hydrogen) atoms. The van der Waals surface area contributed by atoms with Crippen molar-refractivity contribution in [2.75, 3.05) is 7.11 Å². The number of nitrogens with one attached hydrogen (secondary N) is 1. The first-order valence-corrected chi connectivity index (χ1v) is 10.5. The number of para-hydroxylation sites is 1. The number of halogens is 1. The zero-order valence-corrected chi connectivity index (χ0v) is 17.4. The summed E-state index contributed by atoms with van der Waals surface area (Å²) < 4.78 is 19.1. The van der Waals surface area contributed by atoms with Crippen LogP contribution in [-0.2, 0) is 0 Å². The average Bonchev–Trinajstić information content (AvgIpc) is 2.78. The maximum Gasteiger partial charge on any atom is 0.255 e. The maximum atomic E-state index is 13.8. The van der Waals surface area contributed by atoms with E-state index in [9.17, 15) is 9.18 Å². The van der Waals surface area contributed by atoms with Gasteiger partial charge in [0.15, 0.2) is 0 Å². The van der Waals surface area contributed by atoms with Crippen molar-refractivity contribution in [3.05, 3.63) is 71.7 Å². The third-order valence-corrected chi connectivity index (χ3v) is 6.37. The molecular weight excluding hydrogens is 379 g/mol. The number of hydrogen-bond donors (Lipinski definition) is 1. The van der Waals surface area contributed by atoms with Crippen LogP contribution in [0.3, 0.4) is 0 Å². The van der Waals surface area contributed by atoms with Crippen LogP contribution in [0.1, 0.15) is 54.4 Å². The van der Waals surface area contributed by atoms with Crippen LogP contribution < -0.4 is 10.1 Å². The van der Waals surface area contributed by atoms with Gasteiger partial charge in [0, 0.05) is 17.6 Å². The Morgan fingerprint density at radius 1 is 1.13 bits per heavy atom. The number of rotatable bonds is 5. The molecule has 0 aliphatic heterocycles. The number of methoxy groups -OCH3 is 1. The molecule has 1 aliphatic carbocycles. The smallest absolute Gasteiger partial charge is 0.255 e. The molecule has 0 spiro atoms. The third kappa shape index (κ3) is 4.16. The predicted molar refractivity (Wildman–Crippen MR) is 116 cm³/mol. The molecule has 5 heteroatoms. The molecule has 0 saturated heterocycles. The molecule has 4 rings (SSSR count). The summed E-state index contributed by atoms with van der Waals surface area (Å²) in [5.74, 6) is 1.08. The Labute approximate surface area is 176 Å². The SMILES string of the molecule is COc1ccccc1C(=O)N[C@H](C)C1CCC(c2ccnc3ccc(F)cc23)CC1. The van der Waals surface area contributed by atoms with E-state index in [1.807, 2.05) is 24.4 Å². The van der Waals surface area contributed by atoms with Gasteiger partial charge in [-0.05, 0) is 86.4 Å². The molecular formula is C25H27FN2O2. The molecule has 0 bridgehead atoms. The van der Waals surface area contributed by atoms with E-state index in [4.69, 9.17) is 4.74 Å². The maximum absolute atomic E-state index is 13.8. The van der Waals surface area contributed by atoms with Crippen LogP contribution in [0.2, 0.25) is 0 Å². The van der Waals surface area contributed by atoms with E-state index in [1.54, 1.807) is 31.4 Å². The van der Waals surface area contributed by atoms with Gasteiger partial charge >= 0.3 is 0 Å². The first-order chi connectivity index (χ1) is 14.6. The Morgan fingerprint density at radius 2 is 1.90 bits per heavy atom. The van der Waals surface area contributed by atoms with E-state index < -0.39 is 0 Å². The van der Waals surface area contributed by atoms with Gasteiger partial charge < -0.3 is 10.1 Å². The molecule has 0 radical (unpaired) electrons. The fourth-order valence-electron chi connectivity index (χ4n) is 4.66. The lowest BCUT2D eigenvalue weighted by molar-refractivity contribution is 0.0915. The summed E-state index contributed by atoms with van der Waals surface area (Å²) in [6, 6.07) is 14.2. The highest BCUT2D eigenvalue weighted by Crippen LogP contribution is 2.39. The lowest BCUT2D eigenvalue weighted by Crippen LogP contribution is -2.39. The molecule has 156 valence electrons. The molecule has 1 aliphatic rings. The molecule has 1 saturated carbocycles. The Balaban J connectivity index is 1.41. The largest absolute Gasteiger partial charge is 0.496 e. The minimum atomic E-state index is -0.224. The first-order valence-electron chi connectivity index (χ1n) is 10.5. The Kier molecular flexibility index (Phi) is 5.98. The monoisotopic (exact) mass is 406 g/mol. The van der Waals surface area contributed by atoms with Crippen molar-refractivity contribution in [3.63, 3.8) is 0 Å². The molecule has 4 nitrogen and oxygen atoms in total. The molecule has 1 atom stereocenters. The van der Waals surface area contributed by atoms with Crippen molar-refractivity contribution in [2.45, 2.75) is 44.6 Å². The number of hydrogen-bond acceptors (Lipinski definition) is 3. The molecule has 1 heterocycles. The van der Waals surface area contributed by atoms with Crippen molar-refractivity contribution in [2.24, 2.45) is 5.92 Å². The number of aromatic nitrogens is 1. The van der Waals surface area contributed by atoms with Crippen LogP contribution in [0.5, 0.6) is 5.75 Å². The number of benzene rings is 2. The summed E-state index contributed by atoms with van der Waals surface area (Å²) in [4.78, 5) is 17.1. The van der Waals surface area contributed by atoms with Gasteiger partial charge in [-0.3, -0.25) is 9.78 Å². The normalized spacial score (nSPS) is 20.0. The molecule has 1 fully saturated rings. The minimum absolute atomic E-state index is 0.0787. The number of fused-ring (bicyclic) bond motifs is 1. The summed E-state index contributed by atoms with van der Waals surface area (Å²) >= 11 is 0. The van der Waals surface area contributed by atoms with Gasteiger partial charge in [-0.15, -0.1) is 0 Å². The van der Waals surface area contributed by atoms with Gasteiger partial charge in [0.1, 0.15) is 11.6 Å². The van der Waals surface area contributed by atoms with Gasteiger partial charge in [-0.25, -0.2) is 4.39 Å². The second-order valence-electron chi connectivity index (χ2n) is 8.14.